The number of ketones is 3. The fourth-order valence-corrected chi connectivity index (χ4v) is 11.4. The van der Waals surface area contributed by atoms with E-state index in [-0.39, 0.29) is 54.2 Å². The topological polar surface area (TPSA) is 243 Å². The van der Waals surface area contributed by atoms with Gasteiger partial charge in [-0.15, -0.1) is 0 Å². The number of methoxy groups -OCH3 is 4. The first-order chi connectivity index (χ1) is 37.0. The molecule has 1 aromatic rings. The molecule has 3 fully saturated rings. The SMILES string of the molecule is CO[C@H]1C[C@@H]2CC[C@@H](C)[C@@](O)(O2)C(=O)C(=O)N2CCCC[C@H]2C(=O)O[C@H]([C@H](C)C[C@@H]2CC[C@@H](OC(=O)Oc3ccc([N+](=O)[O-])cc3)[C@H](OC)C2)CC(=O)[C@H](C)/C=C(\C)[C@@H](OC)[C@@H](OC)C(=O)[C@H](C)C[C@H](C)/C=C/C=C/C=C/1C. The highest BCUT2D eigenvalue weighted by molar-refractivity contribution is 6.39. The third-order valence-corrected chi connectivity index (χ3v) is 16.2. The highest BCUT2D eigenvalue weighted by Gasteiger charge is 2.53. The van der Waals surface area contributed by atoms with E-state index in [9.17, 15) is 44.0 Å². The molecule has 0 aromatic heterocycles. The van der Waals surface area contributed by atoms with Crippen LogP contribution in [0.3, 0.4) is 0 Å². The van der Waals surface area contributed by atoms with E-state index in [0.29, 0.717) is 69.8 Å². The predicted molar refractivity (Wildman–Crippen MR) is 288 cm³/mol. The van der Waals surface area contributed by atoms with Gasteiger partial charge in [0.1, 0.15) is 42.0 Å². The minimum Gasteiger partial charge on any atom is -0.460 e. The summed E-state index contributed by atoms with van der Waals surface area (Å²) in [6.07, 6.45) is 9.79. The average Bonchev–Trinajstić information content (AvgIpc) is 3.46. The number of carbonyl (C=O) groups is 6. The first-order valence-corrected chi connectivity index (χ1v) is 27.5. The van der Waals surface area contributed by atoms with Gasteiger partial charge in [-0.2, -0.15) is 0 Å². The molecule has 0 unspecified atom stereocenters. The number of nitro benzene ring substituents is 1. The van der Waals surface area contributed by atoms with Crippen molar-refractivity contribution in [3.63, 3.8) is 0 Å². The number of non-ortho nitro benzene ring substituents is 1. The number of nitrogens with zero attached hydrogens (tertiary/aromatic N) is 2. The maximum atomic E-state index is 14.6. The van der Waals surface area contributed by atoms with Crippen LogP contribution in [0.5, 0.6) is 5.75 Å². The fourth-order valence-electron chi connectivity index (χ4n) is 11.4. The molecule has 1 aromatic carbocycles. The van der Waals surface area contributed by atoms with Crippen LogP contribution in [0.2, 0.25) is 0 Å². The number of amides is 1. The van der Waals surface area contributed by atoms with Crippen molar-refractivity contribution in [3.8, 4) is 5.75 Å². The van der Waals surface area contributed by atoms with Crippen LogP contribution in [-0.4, -0.2) is 140 Å². The molecule has 2 saturated heterocycles. The quantitative estimate of drug-likeness (QED) is 0.0574. The zero-order valence-electron chi connectivity index (χ0n) is 47.4. The summed E-state index contributed by atoms with van der Waals surface area (Å²) in [5.74, 6) is -8.19. The van der Waals surface area contributed by atoms with Crippen LogP contribution in [0.4, 0.5) is 10.5 Å². The van der Waals surface area contributed by atoms with Gasteiger partial charge < -0.3 is 47.9 Å². The smallest absolute Gasteiger partial charge is 0.460 e. The number of nitro groups is 1. The molecule has 1 aliphatic carbocycles. The molecule has 0 radical (unpaired) electrons. The number of allylic oxidation sites excluding steroid dienone is 6. The van der Waals surface area contributed by atoms with E-state index in [2.05, 4.69) is 0 Å². The average molecular weight is 1090 g/mol. The van der Waals surface area contributed by atoms with E-state index in [1.165, 1.54) is 50.5 Å². The lowest BCUT2D eigenvalue weighted by molar-refractivity contribution is -0.384. The number of esters is 1. The number of carbonyl (C=O) groups excluding carboxylic acids is 6. The number of fused-ring (bicyclic) bond motifs is 3. The van der Waals surface area contributed by atoms with E-state index < -0.39 is 107 Å². The van der Waals surface area contributed by atoms with E-state index in [1.54, 1.807) is 34.0 Å². The molecule has 1 N–H and O–H groups in total. The minimum absolute atomic E-state index is 0.0257. The molecule has 78 heavy (non-hydrogen) atoms. The van der Waals surface area contributed by atoms with Gasteiger partial charge in [0.05, 0.1) is 23.2 Å². The van der Waals surface area contributed by atoms with Crippen molar-refractivity contribution < 1.29 is 76.7 Å². The van der Waals surface area contributed by atoms with Crippen molar-refractivity contribution in [3.05, 3.63) is 82.0 Å². The number of cyclic esters (lactones) is 1. The molecule has 0 spiro atoms. The Morgan fingerprint density at radius 3 is 2.19 bits per heavy atom. The first-order valence-electron chi connectivity index (χ1n) is 27.5. The van der Waals surface area contributed by atoms with Crippen LogP contribution < -0.4 is 4.74 Å². The normalized spacial score (nSPS) is 35.4. The lowest BCUT2D eigenvalue weighted by atomic mass is 9.78. The number of piperidine rings is 1. The summed E-state index contributed by atoms with van der Waals surface area (Å²) in [5.41, 5.74) is 1.30. The number of hydrogen-bond donors (Lipinski definition) is 1. The largest absolute Gasteiger partial charge is 0.514 e. The number of Topliss-reactive ketones (excluding diaryl/α,β-unsaturated/α-hetero) is 3. The highest BCUT2D eigenvalue weighted by Crippen LogP contribution is 2.38. The number of aliphatic hydroxyl groups is 1. The summed E-state index contributed by atoms with van der Waals surface area (Å²) in [4.78, 5) is 96.5. The van der Waals surface area contributed by atoms with Crippen LogP contribution in [0.25, 0.3) is 0 Å². The van der Waals surface area contributed by atoms with E-state index in [0.717, 1.165) is 5.57 Å². The van der Waals surface area contributed by atoms with Gasteiger partial charge in [0.25, 0.3) is 17.4 Å². The van der Waals surface area contributed by atoms with Crippen LogP contribution >= 0.6 is 0 Å². The van der Waals surface area contributed by atoms with Gasteiger partial charge in [-0.3, -0.25) is 29.3 Å². The zero-order chi connectivity index (χ0) is 57.4. The number of rotatable bonds is 10. The van der Waals surface area contributed by atoms with Gasteiger partial charge >= 0.3 is 12.1 Å². The van der Waals surface area contributed by atoms with Crippen molar-refractivity contribution >= 4 is 41.1 Å². The summed E-state index contributed by atoms with van der Waals surface area (Å²) in [6, 6.07) is 3.81. The maximum Gasteiger partial charge on any atom is 0.514 e. The Morgan fingerprint density at radius 2 is 1.54 bits per heavy atom. The third-order valence-electron chi connectivity index (χ3n) is 16.2. The third kappa shape index (κ3) is 16.8. The second kappa shape index (κ2) is 29.7. The fraction of sp³-hybridized carbons (Fsp3) is 0.661. The summed E-state index contributed by atoms with van der Waals surface area (Å²) < 4.78 is 46.9. The van der Waals surface area contributed by atoms with Crippen LogP contribution in [0.15, 0.2) is 71.9 Å². The Morgan fingerprint density at radius 1 is 0.833 bits per heavy atom. The molecule has 1 saturated carbocycles. The zero-order valence-corrected chi connectivity index (χ0v) is 47.4. The molecule has 1 amide bonds. The van der Waals surface area contributed by atoms with E-state index >= 15 is 0 Å². The molecule has 4 aliphatic rings. The van der Waals surface area contributed by atoms with Gasteiger partial charge in [0.2, 0.25) is 5.79 Å². The van der Waals surface area contributed by atoms with Gasteiger partial charge in [0, 0.05) is 77.7 Å². The molecule has 3 aliphatic heterocycles. The Kier molecular flexibility index (Phi) is 24.1. The van der Waals surface area contributed by atoms with Crippen molar-refractivity contribution in [2.75, 3.05) is 35.0 Å². The van der Waals surface area contributed by atoms with Crippen molar-refractivity contribution in [2.24, 2.45) is 35.5 Å². The Labute approximate surface area is 459 Å². The van der Waals surface area contributed by atoms with Gasteiger partial charge in [0.15, 0.2) is 5.78 Å². The van der Waals surface area contributed by atoms with E-state index in [1.807, 2.05) is 58.1 Å². The van der Waals surface area contributed by atoms with Crippen LogP contribution in [-0.2, 0) is 57.1 Å². The molecule has 19 heteroatoms. The molecule has 15 atom stereocenters. The first kappa shape index (κ1) is 63.4. The lowest BCUT2D eigenvalue weighted by Crippen LogP contribution is -2.61. The van der Waals surface area contributed by atoms with Crippen LogP contribution in [0.1, 0.15) is 126 Å². The number of ether oxygens (including phenoxy) is 8. The predicted octanol–water partition coefficient (Wildman–Crippen LogP) is 8.97. The minimum atomic E-state index is -2.47. The van der Waals surface area contributed by atoms with Crippen molar-refractivity contribution in [2.45, 2.75) is 180 Å². The molecule has 3 heterocycles. The van der Waals surface area contributed by atoms with Gasteiger partial charge in [-0.1, -0.05) is 71.1 Å². The molecular formula is C59H84N2O17. The summed E-state index contributed by atoms with van der Waals surface area (Å²) >= 11 is 0. The molecule has 2 bridgehead atoms. The van der Waals surface area contributed by atoms with Crippen molar-refractivity contribution in [1.29, 1.82) is 0 Å². The number of hydrogen-bond acceptors (Lipinski definition) is 17. The van der Waals surface area contributed by atoms with Crippen molar-refractivity contribution in [1.82, 2.24) is 4.90 Å². The lowest BCUT2D eigenvalue weighted by Gasteiger charge is -2.42. The highest BCUT2D eigenvalue weighted by atomic mass is 16.7. The maximum absolute atomic E-state index is 14.6. The Hall–Kier alpha value is -5.44. The van der Waals surface area contributed by atoms with Gasteiger partial charge in [-0.25, -0.2) is 9.59 Å². The standard InChI is InChI=1S/C59H84N2O17/c1-35-17-13-12-14-18-36(2)49(71-8)33-45-24-20-41(7)59(68,78-45)55(64)56(65)60-28-16-15-19-46(60)57(66)76-50(34-47(62)37(3)30-40(6)53(73-10)54(74-11)52(63)39(5)29-35)38(4)31-42-21-27-48(51(32-42)72-9)77-58(67)75-44-25-22-43(23-26-44)61(69)70/h12-14,17-18,22-23,25-26,30,35,37-39,41-42,45-46,48-51,53-54,68H,15-16,19-21,24,27-29,31-34H2,1-11H3/b14-12+,17-13+,36-18+,40-30+/t35-,37-,38-,39-,41-,42+,45+,46+,48-,49+,50+,51-,53-,54+,59-/m1/s1. The monoisotopic (exact) mass is 1090 g/mol. The van der Waals surface area contributed by atoms with Gasteiger partial charge in [-0.05, 0) is 119 Å². The van der Waals surface area contributed by atoms with Crippen LogP contribution in [0, 0.1) is 45.6 Å². The molecule has 5 rings (SSSR count). The molecule has 432 valence electrons. The number of benzene rings is 1. The Bertz CT molecular complexity index is 2360. The molecule has 19 nitrogen and oxygen atoms in total. The second-order valence-electron chi connectivity index (χ2n) is 22.0. The van der Waals surface area contributed by atoms with E-state index in [4.69, 9.17) is 37.9 Å². The Balaban J connectivity index is 1.43. The molecular weight excluding hydrogens is 1010 g/mol. The summed E-state index contributed by atoms with van der Waals surface area (Å²) in [5, 5.41) is 23.1. The summed E-state index contributed by atoms with van der Waals surface area (Å²) in [6.45, 7) is 12.9. The second-order valence-corrected chi connectivity index (χ2v) is 22.0. The summed E-state index contributed by atoms with van der Waals surface area (Å²) in [7, 11) is 6.01.